The molecule has 1 amide bonds. The van der Waals surface area contributed by atoms with Gasteiger partial charge < -0.3 is 21.3 Å². The molecule has 1 aromatic heterocycles. The summed E-state index contributed by atoms with van der Waals surface area (Å²) in [5.41, 5.74) is 7.65. The zero-order valence-corrected chi connectivity index (χ0v) is 19.2. The number of nitrogens with zero attached hydrogens (tertiary/aromatic N) is 3. The van der Waals surface area contributed by atoms with Crippen molar-refractivity contribution in [2.75, 3.05) is 36.6 Å². The summed E-state index contributed by atoms with van der Waals surface area (Å²) in [6.07, 6.45) is 4.08. The Morgan fingerprint density at radius 3 is 2.59 bits per heavy atom. The number of aromatic nitrogens is 2. The van der Waals surface area contributed by atoms with Gasteiger partial charge in [0.2, 0.25) is 5.95 Å². The van der Waals surface area contributed by atoms with Crippen molar-refractivity contribution in [2.24, 2.45) is 5.92 Å². The van der Waals surface area contributed by atoms with Crippen molar-refractivity contribution in [3.8, 4) is 0 Å². The average molecular weight is 453 g/mol. The highest BCUT2D eigenvalue weighted by molar-refractivity contribution is 6.34. The number of hydrogen-bond donors (Lipinski definition) is 3. The Bertz CT molecular complexity index is 1110. The predicted octanol–water partition coefficient (Wildman–Crippen LogP) is 4.33. The van der Waals surface area contributed by atoms with E-state index < -0.39 is 0 Å². The molecule has 0 unspecified atom stereocenters. The van der Waals surface area contributed by atoms with Gasteiger partial charge in [-0.3, -0.25) is 4.79 Å². The van der Waals surface area contributed by atoms with Crippen LogP contribution in [0.2, 0.25) is 5.02 Å². The van der Waals surface area contributed by atoms with Crippen LogP contribution >= 0.6 is 11.6 Å². The number of anilines is 3. The molecular formula is C24H29ClN6O. The Morgan fingerprint density at radius 1 is 1.12 bits per heavy atom. The monoisotopic (exact) mass is 452 g/mol. The average Bonchev–Trinajstić information content (AvgIpc) is 2.78. The van der Waals surface area contributed by atoms with Gasteiger partial charge in [-0.15, -0.1) is 0 Å². The van der Waals surface area contributed by atoms with Crippen LogP contribution in [0.4, 0.5) is 17.5 Å². The lowest BCUT2D eigenvalue weighted by molar-refractivity contribution is 0.0943. The first-order chi connectivity index (χ1) is 15.4. The first kappa shape index (κ1) is 22.1. The SMILES string of the molecule is CN(C)c1nc(N[C@H]2CC[C@@H](CNC(=O)c3ccc(N)cc3Cl)CC2)nc2ccccc12. The van der Waals surface area contributed by atoms with Crippen molar-refractivity contribution < 1.29 is 4.79 Å². The van der Waals surface area contributed by atoms with Crippen LogP contribution in [-0.4, -0.2) is 42.6 Å². The maximum atomic E-state index is 12.4. The van der Waals surface area contributed by atoms with Crippen molar-refractivity contribution in [3.63, 3.8) is 0 Å². The number of amides is 1. The Kier molecular flexibility index (Phi) is 6.65. The molecule has 0 atom stereocenters. The highest BCUT2D eigenvalue weighted by Gasteiger charge is 2.23. The molecule has 1 heterocycles. The number of nitrogen functional groups attached to an aromatic ring is 1. The predicted molar refractivity (Wildman–Crippen MR) is 131 cm³/mol. The van der Waals surface area contributed by atoms with E-state index in [9.17, 15) is 4.79 Å². The van der Waals surface area contributed by atoms with E-state index in [0.717, 1.165) is 42.4 Å². The van der Waals surface area contributed by atoms with E-state index in [-0.39, 0.29) is 5.91 Å². The van der Waals surface area contributed by atoms with Crippen LogP contribution in [0, 0.1) is 5.92 Å². The summed E-state index contributed by atoms with van der Waals surface area (Å²) in [5.74, 6) is 1.87. The summed E-state index contributed by atoms with van der Waals surface area (Å²) in [6, 6.07) is 13.3. The van der Waals surface area contributed by atoms with Crippen molar-refractivity contribution in [1.29, 1.82) is 0 Å². The van der Waals surface area contributed by atoms with Crippen LogP contribution in [0.3, 0.4) is 0 Å². The summed E-state index contributed by atoms with van der Waals surface area (Å²) in [4.78, 5) is 23.9. The summed E-state index contributed by atoms with van der Waals surface area (Å²) in [7, 11) is 3.99. The van der Waals surface area contributed by atoms with E-state index in [1.165, 1.54) is 0 Å². The largest absolute Gasteiger partial charge is 0.399 e. The number of rotatable bonds is 6. The molecule has 0 saturated heterocycles. The molecule has 2 aromatic carbocycles. The number of halogens is 1. The minimum absolute atomic E-state index is 0.156. The third-order valence-electron chi connectivity index (χ3n) is 5.98. The van der Waals surface area contributed by atoms with Gasteiger partial charge in [0, 0.05) is 37.8 Å². The third-order valence-corrected chi connectivity index (χ3v) is 6.29. The molecule has 0 aliphatic heterocycles. The zero-order valence-electron chi connectivity index (χ0n) is 18.4. The van der Waals surface area contributed by atoms with Gasteiger partial charge in [-0.2, -0.15) is 4.98 Å². The number of nitrogens with two attached hydrogens (primary N) is 1. The third kappa shape index (κ3) is 5.05. The van der Waals surface area contributed by atoms with Crippen LogP contribution in [0.1, 0.15) is 36.0 Å². The number of carbonyl (C=O) groups excluding carboxylic acids is 1. The molecule has 4 rings (SSSR count). The van der Waals surface area contributed by atoms with E-state index in [0.29, 0.717) is 40.7 Å². The summed E-state index contributed by atoms with van der Waals surface area (Å²) in [5, 5.41) is 7.97. The lowest BCUT2D eigenvalue weighted by Crippen LogP contribution is -2.34. The van der Waals surface area contributed by atoms with Crippen molar-refractivity contribution >= 4 is 45.9 Å². The number of para-hydroxylation sites is 1. The summed E-state index contributed by atoms with van der Waals surface area (Å²) in [6.45, 7) is 0.642. The van der Waals surface area contributed by atoms with Gasteiger partial charge >= 0.3 is 0 Å². The quantitative estimate of drug-likeness (QED) is 0.481. The van der Waals surface area contributed by atoms with Gasteiger partial charge in [0.05, 0.1) is 16.1 Å². The van der Waals surface area contributed by atoms with Gasteiger partial charge in [-0.05, 0) is 61.9 Å². The van der Waals surface area contributed by atoms with Gasteiger partial charge in [0.25, 0.3) is 5.91 Å². The molecule has 1 fully saturated rings. The van der Waals surface area contributed by atoms with Crippen LogP contribution in [-0.2, 0) is 0 Å². The van der Waals surface area contributed by atoms with Crippen molar-refractivity contribution in [2.45, 2.75) is 31.7 Å². The fourth-order valence-electron chi connectivity index (χ4n) is 4.21. The molecule has 32 heavy (non-hydrogen) atoms. The number of nitrogens with one attached hydrogen (secondary N) is 2. The van der Waals surface area contributed by atoms with Crippen LogP contribution in [0.15, 0.2) is 42.5 Å². The molecule has 1 aliphatic rings. The summed E-state index contributed by atoms with van der Waals surface area (Å²) < 4.78 is 0. The topological polar surface area (TPSA) is 96.2 Å². The first-order valence-corrected chi connectivity index (χ1v) is 11.3. The minimum Gasteiger partial charge on any atom is -0.399 e. The highest BCUT2D eigenvalue weighted by atomic mass is 35.5. The van der Waals surface area contributed by atoms with Gasteiger partial charge in [0.15, 0.2) is 0 Å². The molecule has 1 aliphatic carbocycles. The van der Waals surface area contributed by atoms with Crippen molar-refractivity contribution in [3.05, 3.63) is 53.1 Å². The number of fused-ring (bicyclic) bond motifs is 1. The Balaban J connectivity index is 1.32. The van der Waals surface area contributed by atoms with E-state index in [1.807, 2.05) is 43.3 Å². The molecule has 168 valence electrons. The smallest absolute Gasteiger partial charge is 0.252 e. The molecule has 7 nitrogen and oxygen atoms in total. The Hall–Kier alpha value is -3.06. The molecule has 0 spiro atoms. The van der Waals surface area contributed by atoms with E-state index in [2.05, 4.69) is 10.6 Å². The first-order valence-electron chi connectivity index (χ1n) is 10.9. The van der Waals surface area contributed by atoms with Gasteiger partial charge in [0.1, 0.15) is 5.82 Å². The maximum absolute atomic E-state index is 12.4. The number of hydrogen-bond acceptors (Lipinski definition) is 6. The molecule has 1 saturated carbocycles. The lowest BCUT2D eigenvalue weighted by atomic mass is 9.86. The Labute approximate surface area is 193 Å². The van der Waals surface area contributed by atoms with E-state index >= 15 is 0 Å². The fourth-order valence-corrected chi connectivity index (χ4v) is 4.48. The molecular weight excluding hydrogens is 424 g/mol. The second-order valence-electron chi connectivity index (χ2n) is 8.59. The van der Waals surface area contributed by atoms with Crippen LogP contribution < -0.4 is 21.3 Å². The highest BCUT2D eigenvalue weighted by Crippen LogP contribution is 2.28. The zero-order chi connectivity index (χ0) is 22.7. The molecule has 0 bridgehead atoms. The second-order valence-corrected chi connectivity index (χ2v) is 9.00. The molecule has 8 heteroatoms. The second kappa shape index (κ2) is 9.61. The van der Waals surface area contributed by atoms with Crippen LogP contribution in [0.25, 0.3) is 10.9 Å². The Morgan fingerprint density at radius 2 is 1.88 bits per heavy atom. The van der Waals surface area contributed by atoms with Crippen LogP contribution in [0.5, 0.6) is 0 Å². The molecule has 0 radical (unpaired) electrons. The standard InChI is InChI=1S/C24H29ClN6O/c1-31(2)22-19-5-3-4-6-21(19)29-24(30-22)28-17-10-7-15(8-11-17)14-27-23(32)18-12-9-16(26)13-20(18)25/h3-6,9,12-13,15,17H,7-8,10-11,14,26H2,1-2H3,(H,27,32)(H,28,29,30)/t15-,17+. The maximum Gasteiger partial charge on any atom is 0.252 e. The fraction of sp³-hybridized carbons (Fsp3) is 0.375. The lowest BCUT2D eigenvalue weighted by Gasteiger charge is -2.29. The van der Waals surface area contributed by atoms with Crippen molar-refractivity contribution in [1.82, 2.24) is 15.3 Å². The van der Waals surface area contributed by atoms with E-state index in [4.69, 9.17) is 27.3 Å². The van der Waals surface area contributed by atoms with Gasteiger partial charge in [-0.1, -0.05) is 23.7 Å². The summed E-state index contributed by atoms with van der Waals surface area (Å²) >= 11 is 6.15. The van der Waals surface area contributed by atoms with Gasteiger partial charge in [-0.25, -0.2) is 4.98 Å². The minimum atomic E-state index is -0.156. The molecule has 3 aromatic rings. The number of benzene rings is 2. The molecule has 4 N–H and O–H groups in total. The normalized spacial score (nSPS) is 18.3. The number of carbonyl (C=O) groups is 1. The van der Waals surface area contributed by atoms with E-state index in [1.54, 1.807) is 18.2 Å².